The molecule has 1 heterocycles. The van der Waals surface area contributed by atoms with Crippen LogP contribution in [0.4, 0.5) is 10.8 Å². The number of nitrogens with one attached hydrogen (secondary N) is 1. The first-order chi connectivity index (χ1) is 13.5. The summed E-state index contributed by atoms with van der Waals surface area (Å²) in [5.41, 5.74) is 7.89. The van der Waals surface area contributed by atoms with E-state index in [-0.39, 0.29) is 5.56 Å². The van der Waals surface area contributed by atoms with Crippen LogP contribution in [0.3, 0.4) is 0 Å². The molecule has 0 aliphatic carbocycles. The topological polar surface area (TPSA) is 104 Å². The summed E-state index contributed by atoms with van der Waals surface area (Å²) >= 11 is 1.27. The number of amides is 1. The summed E-state index contributed by atoms with van der Waals surface area (Å²) < 4.78 is 10.5. The molecule has 3 aromatic rings. The normalized spacial score (nSPS) is 11.5. The van der Waals surface area contributed by atoms with Crippen LogP contribution in [0.15, 0.2) is 53.9 Å². The molecule has 1 amide bonds. The van der Waals surface area contributed by atoms with Crippen LogP contribution >= 0.6 is 11.3 Å². The third-order valence-corrected chi connectivity index (χ3v) is 4.65. The lowest BCUT2D eigenvalue weighted by molar-refractivity contribution is -0.123. The molecule has 28 heavy (non-hydrogen) atoms. The molecule has 8 heteroatoms. The predicted molar refractivity (Wildman–Crippen MR) is 108 cm³/mol. The molecule has 3 rings (SSSR count). The number of benzene rings is 2. The van der Waals surface area contributed by atoms with E-state index >= 15 is 0 Å². The highest BCUT2D eigenvalue weighted by Crippen LogP contribution is 2.31. The lowest BCUT2D eigenvalue weighted by atomic mass is 10.1. The number of para-hydroxylation sites is 1. The summed E-state index contributed by atoms with van der Waals surface area (Å²) in [5.74, 6) is -0.405. The van der Waals surface area contributed by atoms with Gasteiger partial charge in [-0.3, -0.25) is 10.1 Å². The van der Waals surface area contributed by atoms with E-state index in [1.807, 2.05) is 29.6 Å². The number of aromatic nitrogens is 1. The van der Waals surface area contributed by atoms with Crippen LogP contribution in [0, 0.1) is 0 Å². The molecular weight excluding hydrogens is 378 g/mol. The smallest absolute Gasteiger partial charge is 0.338 e. The fourth-order valence-electron chi connectivity index (χ4n) is 2.47. The number of hydrogen-bond donors (Lipinski definition) is 2. The van der Waals surface area contributed by atoms with Crippen LogP contribution in [-0.4, -0.2) is 30.1 Å². The molecule has 0 aliphatic heterocycles. The van der Waals surface area contributed by atoms with Crippen LogP contribution < -0.4 is 15.8 Å². The van der Waals surface area contributed by atoms with Gasteiger partial charge in [0.2, 0.25) is 0 Å². The molecule has 0 spiro atoms. The van der Waals surface area contributed by atoms with Crippen molar-refractivity contribution >= 4 is 34.0 Å². The fraction of sp³-hybridized carbons (Fsp3) is 0.150. The van der Waals surface area contributed by atoms with Crippen molar-refractivity contribution in [2.75, 3.05) is 18.2 Å². The third kappa shape index (κ3) is 4.47. The van der Waals surface area contributed by atoms with Crippen molar-refractivity contribution in [3.05, 3.63) is 59.5 Å². The van der Waals surface area contributed by atoms with Crippen molar-refractivity contribution in [3.8, 4) is 17.0 Å². The zero-order chi connectivity index (χ0) is 20.1. The molecule has 0 saturated heterocycles. The van der Waals surface area contributed by atoms with E-state index in [4.69, 9.17) is 15.2 Å². The number of nitrogens with zero attached hydrogens (tertiary/aromatic N) is 1. The van der Waals surface area contributed by atoms with Gasteiger partial charge in [-0.1, -0.05) is 18.2 Å². The minimum Gasteiger partial charge on any atom is -0.496 e. The van der Waals surface area contributed by atoms with Gasteiger partial charge in [0, 0.05) is 16.6 Å². The summed E-state index contributed by atoms with van der Waals surface area (Å²) in [6.07, 6.45) is -0.993. The zero-order valence-electron chi connectivity index (χ0n) is 15.3. The van der Waals surface area contributed by atoms with Crippen molar-refractivity contribution in [2.24, 2.45) is 0 Å². The molecule has 2 aromatic carbocycles. The van der Waals surface area contributed by atoms with Gasteiger partial charge >= 0.3 is 5.97 Å². The van der Waals surface area contributed by atoms with Gasteiger partial charge in [-0.2, -0.15) is 0 Å². The van der Waals surface area contributed by atoms with Gasteiger partial charge in [-0.15, -0.1) is 11.3 Å². The van der Waals surface area contributed by atoms with Crippen LogP contribution in [0.25, 0.3) is 11.3 Å². The summed E-state index contributed by atoms with van der Waals surface area (Å²) in [6, 6.07) is 13.8. The lowest BCUT2D eigenvalue weighted by Gasteiger charge is -2.12. The molecule has 3 N–H and O–H groups in total. The SMILES string of the molecule is COc1ccccc1-c1csc(NC(=O)C(C)OC(=O)c2cccc(N)c2)n1. The van der Waals surface area contributed by atoms with Gasteiger partial charge in [0.15, 0.2) is 11.2 Å². The molecule has 1 atom stereocenters. The number of ether oxygens (including phenoxy) is 2. The highest BCUT2D eigenvalue weighted by Gasteiger charge is 2.20. The van der Waals surface area contributed by atoms with Crippen molar-refractivity contribution in [1.82, 2.24) is 4.98 Å². The second-order valence-electron chi connectivity index (χ2n) is 5.90. The molecule has 1 unspecified atom stereocenters. The quantitative estimate of drug-likeness (QED) is 0.487. The Bertz CT molecular complexity index is 1000. The van der Waals surface area contributed by atoms with E-state index in [2.05, 4.69) is 10.3 Å². The number of nitrogens with two attached hydrogens (primary N) is 1. The van der Waals surface area contributed by atoms with Crippen molar-refractivity contribution in [2.45, 2.75) is 13.0 Å². The molecular formula is C20H19N3O4S. The van der Waals surface area contributed by atoms with E-state index in [1.165, 1.54) is 24.3 Å². The number of rotatable bonds is 6. The first-order valence-electron chi connectivity index (χ1n) is 8.44. The van der Waals surface area contributed by atoms with Gasteiger partial charge in [-0.25, -0.2) is 9.78 Å². The Kier molecular flexibility index (Phi) is 5.90. The number of carbonyl (C=O) groups is 2. The summed E-state index contributed by atoms with van der Waals surface area (Å²) in [4.78, 5) is 28.9. The monoisotopic (exact) mass is 397 g/mol. The number of carbonyl (C=O) groups excluding carboxylic acids is 2. The van der Waals surface area contributed by atoms with Crippen LogP contribution in [0.5, 0.6) is 5.75 Å². The zero-order valence-corrected chi connectivity index (χ0v) is 16.2. The minimum atomic E-state index is -0.993. The van der Waals surface area contributed by atoms with E-state index in [1.54, 1.807) is 25.3 Å². The van der Waals surface area contributed by atoms with Crippen molar-refractivity contribution in [1.29, 1.82) is 0 Å². The molecule has 0 bridgehead atoms. The summed E-state index contributed by atoms with van der Waals surface area (Å²) in [7, 11) is 1.59. The van der Waals surface area contributed by atoms with Crippen LogP contribution in [-0.2, 0) is 9.53 Å². The van der Waals surface area contributed by atoms with Gasteiger partial charge < -0.3 is 15.2 Å². The maximum atomic E-state index is 12.3. The van der Waals surface area contributed by atoms with Gasteiger partial charge in [-0.05, 0) is 37.3 Å². The number of anilines is 2. The van der Waals surface area contributed by atoms with E-state index in [0.717, 1.165) is 5.56 Å². The number of nitrogen functional groups attached to an aromatic ring is 1. The number of methoxy groups -OCH3 is 1. The van der Waals surface area contributed by atoms with E-state index in [9.17, 15) is 9.59 Å². The molecule has 1 aromatic heterocycles. The van der Waals surface area contributed by atoms with Gasteiger partial charge in [0.05, 0.1) is 18.4 Å². The first-order valence-corrected chi connectivity index (χ1v) is 9.32. The molecule has 144 valence electrons. The molecule has 7 nitrogen and oxygen atoms in total. The van der Waals surface area contributed by atoms with E-state index < -0.39 is 18.0 Å². The Morgan fingerprint density at radius 1 is 1.18 bits per heavy atom. The highest BCUT2D eigenvalue weighted by molar-refractivity contribution is 7.14. The Morgan fingerprint density at radius 3 is 2.71 bits per heavy atom. The minimum absolute atomic E-state index is 0.285. The average molecular weight is 397 g/mol. The predicted octanol–water partition coefficient (Wildman–Crippen LogP) is 3.58. The highest BCUT2D eigenvalue weighted by atomic mass is 32.1. The Balaban J connectivity index is 1.65. The van der Waals surface area contributed by atoms with Gasteiger partial charge in [0.25, 0.3) is 5.91 Å². The second kappa shape index (κ2) is 8.53. The van der Waals surface area contributed by atoms with Gasteiger partial charge in [0.1, 0.15) is 5.75 Å². The third-order valence-electron chi connectivity index (χ3n) is 3.89. The maximum absolute atomic E-state index is 12.3. The Morgan fingerprint density at radius 2 is 1.96 bits per heavy atom. The number of esters is 1. The largest absolute Gasteiger partial charge is 0.496 e. The maximum Gasteiger partial charge on any atom is 0.338 e. The molecule has 0 radical (unpaired) electrons. The Labute approximate surface area is 166 Å². The number of thiazole rings is 1. The fourth-order valence-corrected chi connectivity index (χ4v) is 3.18. The van der Waals surface area contributed by atoms with Crippen molar-refractivity contribution < 1.29 is 19.1 Å². The number of hydrogen-bond acceptors (Lipinski definition) is 7. The standard InChI is InChI=1S/C20H19N3O4S/c1-12(27-19(25)13-6-5-7-14(21)10-13)18(24)23-20-22-16(11-28-20)15-8-3-4-9-17(15)26-2/h3-12H,21H2,1-2H3,(H,22,23,24). The average Bonchev–Trinajstić information content (AvgIpc) is 3.16. The first kappa shape index (κ1) is 19.4. The van der Waals surface area contributed by atoms with Crippen LogP contribution in [0.2, 0.25) is 0 Å². The summed E-state index contributed by atoms with van der Waals surface area (Å²) in [5, 5.41) is 4.88. The second-order valence-corrected chi connectivity index (χ2v) is 6.76. The van der Waals surface area contributed by atoms with E-state index in [0.29, 0.717) is 22.3 Å². The molecule has 0 fully saturated rings. The van der Waals surface area contributed by atoms with Crippen LogP contribution in [0.1, 0.15) is 17.3 Å². The molecule has 0 saturated carbocycles. The van der Waals surface area contributed by atoms with Crippen molar-refractivity contribution in [3.63, 3.8) is 0 Å². The molecule has 0 aliphatic rings. The Hall–Kier alpha value is -3.39. The lowest BCUT2D eigenvalue weighted by Crippen LogP contribution is -2.30. The summed E-state index contributed by atoms with van der Waals surface area (Å²) in [6.45, 7) is 1.49.